The van der Waals surface area contributed by atoms with E-state index >= 15 is 0 Å². The number of rotatable bonds is 7. The van der Waals surface area contributed by atoms with E-state index < -0.39 is 0 Å². The van der Waals surface area contributed by atoms with Crippen molar-refractivity contribution < 1.29 is 23.5 Å². The lowest BCUT2D eigenvalue weighted by Crippen LogP contribution is -2.27. The minimum atomic E-state index is -0.381. The van der Waals surface area contributed by atoms with Gasteiger partial charge in [0.15, 0.2) is 11.5 Å². The second-order valence-electron chi connectivity index (χ2n) is 7.58. The van der Waals surface area contributed by atoms with Crippen LogP contribution in [0.25, 0.3) is 6.08 Å². The summed E-state index contributed by atoms with van der Waals surface area (Å²) in [6, 6.07) is 19.1. The second kappa shape index (κ2) is 9.92. The Balaban J connectivity index is 1.48. The van der Waals surface area contributed by atoms with Gasteiger partial charge in [-0.25, -0.2) is 4.39 Å². The monoisotopic (exact) mass is 463 g/mol. The van der Waals surface area contributed by atoms with Crippen LogP contribution in [0.15, 0.2) is 71.6 Å². The maximum absolute atomic E-state index is 13.1. The van der Waals surface area contributed by atoms with Crippen LogP contribution in [0.2, 0.25) is 0 Å². The number of carbonyl (C=O) groups is 2. The number of halogens is 1. The molecule has 4 rings (SSSR count). The van der Waals surface area contributed by atoms with Gasteiger partial charge in [-0.3, -0.25) is 14.5 Å². The third-order valence-corrected chi connectivity index (χ3v) is 6.00. The molecule has 1 fully saturated rings. The van der Waals surface area contributed by atoms with Crippen molar-refractivity contribution in [1.29, 1.82) is 0 Å². The molecule has 0 bridgehead atoms. The zero-order valence-corrected chi connectivity index (χ0v) is 19.0. The molecule has 0 aliphatic carbocycles. The van der Waals surface area contributed by atoms with Crippen LogP contribution >= 0.6 is 11.8 Å². The van der Waals surface area contributed by atoms with Crippen molar-refractivity contribution >= 4 is 29.0 Å². The maximum atomic E-state index is 13.1. The lowest BCUT2D eigenvalue weighted by atomic mass is 10.1. The van der Waals surface area contributed by atoms with Crippen LogP contribution in [0.3, 0.4) is 0 Å². The topological polar surface area (TPSA) is 55.8 Å². The second-order valence-corrected chi connectivity index (χ2v) is 8.58. The first kappa shape index (κ1) is 22.6. The zero-order chi connectivity index (χ0) is 23.4. The Kier molecular flexibility index (Phi) is 6.79. The molecule has 33 heavy (non-hydrogen) atoms. The standard InChI is InChI=1S/C26H22FNO4S/c1-17-4-3-5-20(12-17)16-32-22-11-8-19(13-23(22)31-2)14-24-25(29)28(26(30)33-24)15-18-6-9-21(27)10-7-18/h3-14H,15-16H2,1-2H3/b24-14-. The molecule has 2 amide bonds. The Morgan fingerprint density at radius 3 is 2.48 bits per heavy atom. The summed E-state index contributed by atoms with van der Waals surface area (Å²) < 4.78 is 24.5. The number of imide groups is 1. The molecule has 1 aliphatic rings. The zero-order valence-electron chi connectivity index (χ0n) is 18.2. The van der Waals surface area contributed by atoms with Crippen LogP contribution in [0.4, 0.5) is 9.18 Å². The Hall–Kier alpha value is -3.58. The van der Waals surface area contributed by atoms with E-state index in [-0.39, 0.29) is 23.5 Å². The fourth-order valence-electron chi connectivity index (χ4n) is 3.42. The van der Waals surface area contributed by atoms with Gasteiger partial charge < -0.3 is 9.47 Å². The van der Waals surface area contributed by atoms with Gasteiger partial charge >= 0.3 is 0 Å². The fourth-order valence-corrected chi connectivity index (χ4v) is 4.25. The number of hydrogen-bond acceptors (Lipinski definition) is 5. The number of ether oxygens (including phenoxy) is 2. The molecular weight excluding hydrogens is 441 g/mol. The van der Waals surface area contributed by atoms with Crippen LogP contribution in [0.5, 0.6) is 11.5 Å². The summed E-state index contributed by atoms with van der Waals surface area (Å²) in [5.41, 5.74) is 3.60. The number of carbonyl (C=O) groups excluding carboxylic acids is 2. The van der Waals surface area contributed by atoms with Crippen LogP contribution in [0, 0.1) is 12.7 Å². The Morgan fingerprint density at radius 1 is 0.970 bits per heavy atom. The third-order valence-electron chi connectivity index (χ3n) is 5.09. The van der Waals surface area contributed by atoms with Crippen LogP contribution in [-0.4, -0.2) is 23.2 Å². The van der Waals surface area contributed by atoms with Crippen molar-refractivity contribution in [3.8, 4) is 11.5 Å². The summed E-state index contributed by atoms with van der Waals surface area (Å²) in [5.74, 6) is 0.364. The van der Waals surface area contributed by atoms with E-state index in [1.54, 1.807) is 37.5 Å². The predicted molar refractivity (Wildman–Crippen MR) is 126 cm³/mol. The van der Waals surface area contributed by atoms with Gasteiger partial charge in [-0.05, 0) is 65.7 Å². The minimum Gasteiger partial charge on any atom is -0.493 e. The molecule has 0 spiro atoms. The SMILES string of the molecule is COc1cc(/C=C2\SC(=O)N(Cc3ccc(F)cc3)C2=O)ccc1OCc1cccc(C)c1. The van der Waals surface area contributed by atoms with Crippen LogP contribution in [0.1, 0.15) is 22.3 Å². The smallest absolute Gasteiger partial charge is 0.293 e. The molecular formula is C26H22FNO4S. The lowest BCUT2D eigenvalue weighted by molar-refractivity contribution is -0.123. The van der Waals surface area contributed by atoms with E-state index in [0.29, 0.717) is 34.1 Å². The van der Waals surface area contributed by atoms with Crippen LogP contribution in [-0.2, 0) is 17.9 Å². The van der Waals surface area contributed by atoms with Gasteiger partial charge in [-0.15, -0.1) is 0 Å². The van der Waals surface area contributed by atoms with E-state index in [2.05, 4.69) is 6.07 Å². The molecule has 0 unspecified atom stereocenters. The number of methoxy groups -OCH3 is 1. The molecule has 1 saturated heterocycles. The summed E-state index contributed by atoms with van der Waals surface area (Å²) in [7, 11) is 1.55. The van der Waals surface area contributed by atoms with Gasteiger partial charge in [0, 0.05) is 0 Å². The highest BCUT2D eigenvalue weighted by Gasteiger charge is 2.35. The summed E-state index contributed by atoms with van der Waals surface area (Å²) in [6.07, 6.45) is 1.66. The molecule has 0 N–H and O–H groups in total. The highest BCUT2D eigenvalue weighted by molar-refractivity contribution is 8.18. The molecule has 0 radical (unpaired) electrons. The van der Waals surface area contributed by atoms with E-state index in [1.807, 2.05) is 31.2 Å². The van der Waals surface area contributed by atoms with E-state index in [0.717, 1.165) is 27.8 Å². The number of nitrogens with zero attached hydrogens (tertiary/aromatic N) is 1. The van der Waals surface area contributed by atoms with E-state index in [4.69, 9.17) is 9.47 Å². The molecule has 0 aromatic heterocycles. The fraction of sp³-hybridized carbons (Fsp3) is 0.154. The Labute approximate surface area is 195 Å². The van der Waals surface area contributed by atoms with Gasteiger partial charge in [0.1, 0.15) is 12.4 Å². The van der Waals surface area contributed by atoms with Crippen LogP contribution < -0.4 is 9.47 Å². The number of thioether (sulfide) groups is 1. The Bertz CT molecular complexity index is 1220. The van der Waals surface area contributed by atoms with Crippen molar-refractivity contribution in [3.05, 3.63) is 99.7 Å². The first-order valence-electron chi connectivity index (χ1n) is 10.3. The summed E-state index contributed by atoms with van der Waals surface area (Å²) >= 11 is 0.878. The highest BCUT2D eigenvalue weighted by Crippen LogP contribution is 2.35. The predicted octanol–water partition coefficient (Wildman–Crippen LogP) is 5.96. The molecule has 7 heteroatoms. The van der Waals surface area contributed by atoms with Crippen molar-refractivity contribution in [2.75, 3.05) is 7.11 Å². The summed E-state index contributed by atoms with van der Waals surface area (Å²) in [4.78, 5) is 26.6. The maximum Gasteiger partial charge on any atom is 0.293 e. The van der Waals surface area contributed by atoms with Crippen molar-refractivity contribution in [3.63, 3.8) is 0 Å². The highest BCUT2D eigenvalue weighted by atomic mass is 32.2. The molecule has 1 heterocycles. The molecule has 0 saturated carbocycles. The van der Waals surface area contributed by atoms with Crippen molar-refractivity contribution in [1.82, 2.24) is 4.90 Å². The van der Waals surface area contributed by atoms with Gasteiger partial charge in [0.25, 0.3) is 11.1 Å². The first-order valence-corrected chi connectivity index (χ1v) is 11.1. The summed E-state index contributed by atoms with van der Waals surface area (Å²) in [6.45, 7) is 2.53. The third kappa shape index (κ3) is 5.43. The van der Waals surface area contributed by atoms with Gasteiger partial charge in [-0.1, -0.05) is 48.0 Å². The average Bonchev–Trinajstić information content (AvgIpc) is 3.06. The van der Waals surface area contributed by atoms with Crippen molar-refractivity contribution in [2.24, 2.45) is 0 Å². The van der Waals surface area contributed by atoms with Crippen molar-refractivity contribution in [2.45, 2.75) is 20.1 Å². The quantitative estimate of drug-likeness (QED) is 0.405. The van der Waals surface area contributed by atoms with E-state index in [1.165, 1.54) is 12.1 Å². The number of aryl methyl sites for hydroxylation is 1. The van der Waals surface area contributed by atoms with Gasteiger partial charge in [0.05, 0.1) is 18.6 Å². The van der Waals surface area contributed by atoms with Gasteiger partial charge in [-0.2, -0.15) is 0 Å². The molecule has 3 aromatic carbocycles. The normalized spacial score (nSPS) is 14.8. The molecule has 3 aromatic rings. The number of hydrogen-bond donors (Lipinski definition) is 0. The molecule has 1 aliphatic heterocycles. The number of benzene rings is 3. The largest absolute Gasteiger partial charge is 0.493 e. The molecule has 168 valence electrons. The molecule has 5 nitrogen and oxygen atoms in total. The minimum absolute atomic E-state index is 0.0946. The average molecular weight is 464 g/mol. The summed E-state index contributed by atoms with van der Waals surface area (Å²) in [5, 5.41) is -0.361. The number of amides is 2. The Morgan fingerprint density at radius 2 is 1.76 bits per heavy atom. The lowest BCUT2D eigenvalue weighted by Gasteiger charge is -2.12. The van der Waals surface area contributed by atoms with Gasteiger partial charge in [0.2, 0.25) is 0 Å². The van der Waals surface area contributed by atoms with E-state index in [9.17, 15) is 14.0 Å². The molecule has 0 atom stereocenters. The first-order chi connectivity index (χ1) is 15.9.